The van der Waals surface area contributed by atoms with Crippen LogP contribution in [0.15, 0.2) is 30.3 Å². The zero-order valence-electron chi connectivity index (χ0n) is 11.9. The number of benzene rings is 1. The van der Waals surface area contributed by atoms with Crippen LogP contribution in [-0.2, 0) is 19.9 Å². The Morgan fingerprint density at radius 1 is 1.25 bits per heavy atom. The normalized spacial score (nSPS) is 13.5. The van der Waals surface area contributed by atoms with E-state index in [4.69, 9.17) is 4.74 Å². The summed E-state index contributed by atoms with van der Waals surface area (Å²) < 4.78 is 5.15. The number of rotatable bonds is 8. The first-order valence-electron chi connectivity index (χ1n) is 6.74. The fourth-order valence-electron chi connectivity index (χ4n) is 2.00. The van der Waals surface area contributed by atoms with Gasteiger partial charge >= 0.3 is 5.97 Å². The number of nitrogens with one attached hydrogen (secondary N) is 1. The summed E-state index contributed by atoms with van der Waals surface area (Å²) in [5, 5.41) is 12.1. The highest BCUT2D eigenvalue weighted by atomic mass is 16.5. The molecule has 1 aromatic carbocycles. The summed E-state index contributed by atoms with van der Waals surface area (Å²) in [6.07, 6.45) is 1.07. The van der Waals surface area contributed by atoms with Gasteiger partial charge in [-0.2, -0.15) is 0 Å². The van der Waals surface area contributed by atoms with Gasteiger partial charge in [-0.05, 0) is 18.4 Å². The summed E-state index contributed by atoms with van der Waals surface area (Å²) in [4.78, 5) is 23.5. The lowest BCUT2D eigenvalue weighted by Crippen LogP contribution is -2.52. The van der Waals surface area contributed by atoms with Crippen LogP contribution in [0, 0.1) is 0 Å². The molecule has 0 saturated carbocycles. The van der Waals surface area contributed by atoms with Crippen molar-refractivity contribution in [3.05, 3.63) is 35.9 Å². The van der Waals surface area contributed by atoms with Crippen LogP contribution in [-0.4, -0.2) is 30.2 Å². The maximum atomic E-state index is 11.9. The average molecular weight is 279 g/mol. The second-order valence-corrected chi connectivity index (χ2v) is 4.53. The first-order chi connectivity index (χ1) is 9.56. The van der Waals surface area contributed by atoms with E-state index in [-0.39, 0.29) is 13.0 Å². The molecule has 0 saturated heterocycles. The van der Waals surface area contributed by atoms with Crippen LogP contribution in [0.25, 0.3) is 0 Å². The largest absolute Gasteiger partial charge is 0.479 e. The molecule has 1 unspecified atom stereocenters. The molecule has 5 heteroatoms. The summed E-state index contributed by atoms with van der Waals surface area (Å²) in [5.41, 5.74) is -0.854. The van der Waals surface area contributed by atoms with Gasteiger partial charge in [-0.1, -0.05) is 44.2 Å². The maximum Gasteiger partial charge on any atom is 0.334 e. The maximum absolute atomic E-state index is 11.9. The van der Waals surface area contributed by atoms with Gasteiger partial charge in [-0.15, -0.1) is 0 Å². The summed E-state index contributed by atoms with van der Waals surface area (Å²) in [6.45, 7) is 4.02. The zero-order chi connectivity index (χ0) is 15.0. The van der Waals surface area contributed by atoms with Crippen molar-refractivity contribution in [2.75, 3.05) is 13.2 Å². The number of hydrogen-bond acceptors (Lipinski definition) is 3. The second-order valence-electron chi connectivity index (χ2n) is 4.53. The van der Waals surface area contributed by atoms with E-state index in [2.05, 4.69) is 5.32 Å². The standard InChI is InChI=1S/C15H21NO4/c1-3-10-20-11-13(17)16-15(4-2,14(18)19)12-8-6-5-7-9-12/h5-9H,3-4,10-11H2,1-2H3,(H,16,17)(H,18,19). The van der Waals surface area contributed by atoms with E-state index in [0.29, 0.717) is 12.2 Å². The topological polar surface area (TPSA) is 75.6 Å². The van der Waals surface area contributed by atoms with E-state index in [1.165, 1.54) is 0 Å². The van der Waals surface area contributed by atoms with Crippen molar-refractivity contribution in [1.82, 2.24) is 5.32 Å². The monoisotopic (exact) mass is 279 g/mol. The van der Waals surface area contributed by atoms with Crippen molar-refractivity contribution in [2.24, 2.45) is 0 Å². The molecule has 0 fully saturated rings. The molecule has 1 rings (SSSR count). The Kier molecular flexibility index (Phi) is 6.18. The van der Waals surface area contributed by atoms with Gasteiger partial charge in [0.05, 0.1) is 0 Å². The minimum Gasteiger partial charge on any atom is -0.479 e. The van der Waals surface area contributed by atoms with Crippen LogP contribution < -0.4 is 5.32 Å². The quantitative estimate of drug-likeness (QED) is 0.713. The van der Waals surface area contributed by atoms with Gasteiger partial charge in [0.1, 0.15) is 6.61 Å². The van der Waals surface area contributed by atoms with Crippen molar-refractivity contribution in [2.45, 2.75) is 32.2 Å². The molecule has 0 bridgehead atoms. The highest BCUT2D eigenvalue weighted by Gasteiger charge is 2.40. The van der Waals surface area contributed by atoms with Crippen LogP contribution in [0.2, 0.25) is 0 Å². The smallest absolute Gasteiger partial charge is 0.334 e. The fourth-order valence-corrected chi connectivity index (χ4v) is 2.00. The number of hydrogen-bond donors (Lipinski definition) is 2. The Morgan fingerprint density at radius 3 is 2.40 bits per heavy atom. The lowest BCUT2D eigenvalue weighted by molar-refractivity contribution is -0.149. The minimum atomic E-state index is -1.41. The zero-order valence-corrected chi connectivity index (χ0v) is 11.9. The van der Waals surface area contributed by atoms with E-state index in [0.717, 1.165) is 6.42 Å². The minimum absolute atomic E-state index is 0.129. The van der Waals surface area contributed by atoms with E-state index in [1.807, 2.05) is 6.92 Å². The second kappa shape index (κ2) is 7.65. The van der Waals surface area contributed by atoms with Gasteiger partial charge < -0.3 is 15.2 Å². The molecule has 0 spiro atoms. The first kappa shape index (κ1) is 16.2. The fraction of sp³-hybridized carbons (Fsp3) is 0.467. The molecule has 2 N–H and O–H groups in total. The van der Waals surface area contributed by atoms with E-state index >= 15 is 0 Å². The van der Waals surface area contributed by atoms with Crippen LogP contribution in [0.4, 0.5) is 0 Å². The highest BCUT2D eigenvalue weighted by Crippen LogP contribution is 2.25. The van der Waals surface area contributed by atoms with Crippen molar-refractivity contribution >= 4 is 11.9 Å². The molecule has 110 valence electrons. The van der Waals surface area contributed by atoms with E-state index in [1.54, 1.807) is 37.3 Å². The third kappa shape index (κ3) is 3.81. The third-order valence-corrected chi connectivity index (χ3v) is 3.10. The van der Waals surface area contributed by atoms with Crippen molar-refractivity contribution in [3.8, 4) is 0 Å². The van der Waals surface area contributed by atoms with E-state index in [9.17, 15) is 14.7 Å². The number of carboxylic acid groups (broad SMARTS) is 1. The first-order valence-corrected chi connectivity index (χ1v) is 6.74. The molecule has 20 heavy (non-hydrogen) atoms. The van der Waals surface area contributed by atoms with Crippen molar-refractivity contribution < 1.29 is 19.4 Å². The Hall–Kier alpha value is -1.88. The van der Waals surface area contributed by atoms with Gasteiger partial charge in [-0.25, -0.2) is 4.79 Å². The SMILES string of the molecule is CCCOCC(=O)NC(CC)(C(=O)O)c1ccccc1. The summed E-state index contributed by atoms with van der Waals surface area (Å²) in [7, 11) is 0. The van der Waals surface area contributed by atoms with Gasteiger partial charge in [0, 0.05) is 6.61 Å². The molecule has 0 heterocycles. The van der Waals surface area contributed by atoms with Gasteiger partial charge in [-0.3, -0.25) is 4.79 Å². The summed E-state index contributed by atoms with van der Waals surface area (Å²) in [6, 6.07) is 8.71. The molecular weight excluding hydrogens is 258 g/mol. The predicted octanol–water partition coefficient (Wildman–Crippen LogP) is 1.92. The molecule has 1 aromatic rings. The summed E-state index contributed by atoms with van der Waals surface area (Å²) >= 11 is 0. The Labute approximate surface area is 118 Å². The molecular formula is C15H21NO4. The lowest BCUT2D eigenvalue weighted by atomic mass is 9.87. The van der Waals surface area contributed by atoms with Gasteiger partial charge in [0.25, 0.3) is 0 Å². The molecule has 0 radical (unpaired) electrons. The Morgan fingerprint density at radius 2 is 1.90 bits per heavy atom. The van der Waals surface area contributed by atoms with Gasteiger partial charge in [0.2, 0.25) is 5.91 Å². The molecule has 0 aliphatic carbocycles. The molecule has 0 aromatic heterocycles. The van der Waals surface area contributed by atoms with Crippen molar-refractivity contribution in [1.29, 1.82) is 0 Å². The number of amides is 1. The van der Waals surface area contributed by atoms with Crippen LogP contribution >= 0.6 is 0 Å². The molecule has 1 atom stereocenters. The van der Waals surface area contributed by atoms with Gasteiger partial charge in [0.15, 0.2) is 5.54 Å². The number of aliphatic carboxylic acids is 1. The molecule has 5 nitrogen and oxygen atoms in total. The van der Waals surface area contributed by atoms with Crippen LogP contribution in [0.1, 0.15) is 32.3 Å². The predicted molar refractivity (Wildman–Crippen MR) is 75.3 cm³/mol. The number of ether oxygens (including phenoxy) is 1. The average Bonchev–Trinajstić information content (AvgIpc) is 2.45. The lowest BCUT2D eigenvalue weighted by Gasteiger charge is -2.30. The molecule has 1 amide bonds. The number of carboxylic acids is 1. The van der Waals surface area contributed by atoms with Crippen molar-refractivity contribution in [3.63, 3.8) is 0 Å². The molecule has 0 aliphatic heterocycles. The Balaban J connectivity index is 2.90. The van der Waals surface area contributed by atoms with E-state index < -0.39 is 17.4 Å². The Bertz CT molecular complexity index is 446. The van der Waals surface area contributed by atoms with Crippen LogP contribution in [0.5, 0.6) is 0 Å². The molecule has 0 aliphatic rings. The third-order valence-electron chi connectivity index (χ3n) is 3.10. The summed E-state index contributed by atoms with van der Waals surface area (Å²) in [5.74, 6) is -1.50. The number of carbonyl (C=O) groups excluding carboxylic acids is 1. The van der Waals surface area contributed by atoms with Crippen LogP contribution in [0.3, 0.4) is 0 Å². The number of carbonyl (C=O) groups is 2. The highest BCUT2D eigenvalue weighted by molar-refractivity contribution is 5.88.